The lowest BCUT2D eigenvalue weighted by atomic mass is 9.87. The van der Waals surface area contributed by atoms with Crippen LogP contribution in [0, 0.1) is 5.41 Å². The Balaban J connectivity index is 2.02. The first-order valence-electron chi connectivity index (χ1n) is 9.75. The third kappa shape index (κ3) is 3.80. The summed E-state index contributed by atoms with van der Waals surface area (Å²) in [5, 5.41) is 9.23. The van der Waals surface area contributed by atoms with Gasteiger partial charge in [-0.1, -0.05) is 34.6 Å². The number of fused-ring (bicyclic) bond motifs is 1. The highest BCUT2D eigenvalue weighted by molar-refractivity contribution is 6.50. The fraction of sp³-hybridized carbons (Fsp3) is 0.524. The quantitative estimate of drug-likeness (QED) is 0.775. The zero-order chi connectivity index (χ0) is 19.8. The number of aromatic nitrogens is 3. The van der Waals surface area contributed by atoms with Gasteiger partial charge in [0.2, 0.25) is 5.82 Å². The minimum atomic E-state index is -0.139. The second kappa shape index (κ2) is 7.25. The molecule has 3 rings (SSSR count). The van der Waals surface area contributed by atoms with E-state index in [1.165, 1.54) is 5.69 Å². The molecule has 1 aromatic carbocycles. The Labute approximate surface area is 162 Å². The van der Waals surface area contributed by atoms with E-state index < -0.39 is 0 Å². The largest absolute Gasteiger partial charge is 0.372 e. The van der Waals surface area contributed by atoms with Crippen molar-refractivity contribution in [2.75, 3.05) is 18.0 Å². The lowest BCUT2D eigenvalue weighted by Gasteiger charge is -2.21. The summed E-state index contributed by atoms with van der Waals surface area (Å²) in [5.41, 5.74) is 3.71. The second-order valence-corrected chi connectivity index (χ2v) is 8.19. The summed E-state index contributed by atoms with van der Waals surface area (Å²) in [6.07, 6.45) is 0. The molecule has 1 aromatic heterocycles. The molecule has 27 heavy (non-hydrogen) atoms. The van der Waals surface area contributed by atoms with Crippen molar-refractivity contribution >= 4 is 22.8 Å². The van der Waals surface area contributed by atoms with Gasteiger partial charge in [0.1, 0.15) is 5.71 Å². The first-order valence-corrected chi connectivity index (χ1v) is 9.75. The number of hydrogen-bond acceptors (Lipinski definition) is 5. The number of hydrogen-bond donors (Lipinski definition) is 0. The van der Waals surface area contributed by atoms with Crippen LogP contribution in [-0.4, -0.2) is 39.4 Å². The van der Waals surface area contributed by atoms with E-state index in [2.05, 4.69) is 82.7 Å². The molecular weight excluding hydrogens is 336 g/mol. The molecule has 0 atom stereocenters. The highest BCUT2D eigenvalue weighted by atomic mass is 15.6. The van der Waals surface area contributed by atoms with Crippen molar-refractivity contribution < 1.29 is 0 Å². The Hall–Kier alpha value is -2.50. The van der Waals surface area contributed by atoms with Crippen LogP contribution < -0.4 is 4.90 Å². The van der Waals surface area contributed by atoms with E-state index in [9.17, 15) is 0 Å². The van der Waals surface area contributed by atoms with E-state index in [1.807, 2.05) is 0 Å². The van der Waals surface area contributed by atoms with E-state index in [0.717, 1.165) is 41.8 Å². The van der Waals surface area contributed by atoms with Crippen molar-refractivity contribution in [1.29, 1.82) is 0 Å². The van der Waals surface area contributed by atoms with E-state index in [0.29, 0.717) is 0 Å². The zero-order valence-electron chi connectivity index (χ0n) is 17.5. The van der Waals surface area contributed by atoms with E-state index in [1.54, 1.807) is 4.79 Å². The molecule has 1 aliphatic rings. The lowest BCUT2D eigenvalue weighted by molar-refractivity contribution is 0.588. The summed E-state index contributed by atoms with van der Waals surface area (Å²) >= 11 is 0. The van der Waals surface area contributed by atoms with Gasteiger partial charge in [-0.25, -0.2) is 9.98 Å². The Bertz CT molecular complexity index is 861. The second-order valence-electron chi connectivity index (χ2n) is 8.19. The molecule has 0 unspecified atom stereocenters. The number of benzene rings is 1. The van der Waals surface area contributed by atoms with Crippen molar-refractivity contribution in [3.63, 3.8) is 0 Å². The van der Waals surface area contributed by atoms with Gasteiger partial charge < -0.3 is 4.90 Å². The Morgan fingerprint density at radius 1 is 1.07 bits per heavy atom. The molecule has 144 valence electrons. The molecule has 0 saturated carbocycles. The first kappa shape index (κ1) is 19.3. The van der Waals surface area contributed by atoms with Crippen LogP contribution in [0.2, 0.25) is 0 Å². The molecule has 6 heteroatoms. The third-order valence-electron chi connectivity index (χ3n) is 4.68. The van der Waals surface area contributed by atoms with Crippen LogP contribution in [0.4, 0.5) is 11.4 Å². The molecule has 1 aliphatic heterocycles. The topological polar surface area (TPSA) is 58.7 Å². The minimum Gasteiger partial charge on any atom is -0.372 e. The molecule has 0 fully saturated rings. The first-order chi connectivity index (χ1) is 12.7. The van der Waals surface area contributed by atoms with E-state index in [-0.39, 0.29) is 11.3 Å². The lowest BCUT2D eigenvalue weighted by Crippen LogP contribution is -2.27. The minimum absolute atomic E-state index is 0.139. The number of rotatable bonds is 5. The molecule has 0 saturated heterocycles. The normalized spacial score (nSPS) is 15.4. The van der Waals surface area contributed by atoms with Gasteiger partial charge in [-0.15, -0.1) is 9.89 Å². The SMILES string of the molecule is CCN(CC)c1ccc(/N=C2/C(C(C)(C)C)=Nn3nc(C(C)C)nc32)cc1. The maximum Gasteiger partial charge on any atom is 0.204 e. The maximum atomic E-state index is 4.92. The predicted molar refractivity (Wildman–Crippen MR) is 113 cm³/mol. The van der Waals surface area contributed by atoms with Crippen LogP contribution in [0.25, 0.3) is 0 Å². The van der Waals surface area contributed by atoms with Crippen molar-refractivity contribution in [3.05, 3.63) is 35.9 Å². The summed E-state index contributed by atoms with van der Waals surface area (Å²) in [6, 6.07) is 8.37. The monoisotopic (exact) mass is 366 g/mol. The predicted octanol–water partition coefficient (Wildman–Crippen LogP) is 4.63. The summed E-state index contributed by atoms with van der Waals surface area (Å²) in [5.74, 6) is 1.79. The molecule has 0 amide bonds. The number of anilines is 1. The van der Waals surface area contributed by atoms with Gasteiger partial charge in [0, 0.05) is 30.1 Å². The van der Waals surface area contributed by atoms with Gasteiger partial charge in [0.05, 0.1) is 11.4 Å². The smallest absolute Gasteiger partial charge is 0.204 e. The van der Waals surface area contributed by atoms with Crippen LogP contribution in [0.5, 0.6) is 0 Å². The van der Waals surface area contributed by atoms with Crippen molar-refractivity contribution in [2.24, 2.45) is 15.5 Å². The van der Waals surface area contributed by atoms with Crippen LogP contribution in [0.15, 0.2) is 34.4 Å². The van der Waals surface area contributed by atoms with Gasteiger partial charge in [-0.3, -0.25) is 0 Å². The van der Waals surface area contributed by atoms with E-state index in [4.69, 9.17) is 15.1 Å². The van der Waals surface area contributed by atoms with Gasteiger partial charge in [-0.2, -0.15) is 5.10 Å². The Kier molecular flexibility index (Phi) is 5.18. The van der Waals surface area contributed by atoms with Gasteiger partial charge in [0.25, 0.3) is 0 Å². The van der Waals surface area contributed by atoms with Gasteiger partial charge in [0.15, 0.2) is 5.82 Å². The molecule has 2 aromatic rings. The maximum absolute atomic E-state index is 4.92. The highest BCUT2D eigenvalue weighted by Crippen LogP contribution is 2.28. The molecule has 0 aliphatic carbocycles. The van der Waals surface area contributed by atoms with Crippen LogP contribution >= 0.6 is 0 Å². The molecule has 0 radical (unpaired) electrons. The van der Waals surface area contributed by atoms with Crippen LogP contribution in [-0.2, 0) is 0 Å². The Morgan fingerprint density at radius 3 is 2.22 bits per heavy atom. The molecule has 0 bridgehead atoms. The molecule has 0 N–H and O–H groups in total. The van der Waals surface area contributed by atoms with Crippen molar-refractivity contribution in [3.8, 4) is 0 Å². The fourth-order valence-electron chi connectivity index (χ4n) is 3.09. The van der Waals surface area contributed by atoms with Crippen LogP contribution in [0.3, 0.4) is 0 Å². The third-order valence-corrected chi connectivity index (χ3v) is 4.68. The summed E-state index contributed by atoms with van der Waals surface area (Å²) in [7, 11) is 0. The van der Waals surface area contributed by atoms with Crippen molar-refractivity contribution in [2.45, 2.75) is 54.4 Å². The molecule has 2 heterocycles. The summed E-state index contributed by atoms with van der Waals surface area (Å²) in [6.45, 7) is 16.9. The average molecular weight is 367 g/mol. The highest BCUT2D eigenvalue weighted by Gasteiger charge is 2.34. The van der Waals surface area contributed by atoms with Crippen molar-refractivity contribution in [1.82, 2.24) is 14.9 Å². The standard InChI is InChI=1S/C21H30N6/c1-8-26(9-2)16-12-10-15(11-13-16)22-17-18(21(5,6)7)24-27-20(17)23-19(25-27)14(3)4/h10-14H,8-9H2,1-7H3/b22-17-. The van der Waals surface area contributed by atoms with Gasteiger partial charge >= 0.3 is 0 Å². The summed E-state index contributed by atoms with van der Waals surface area (Å²) < 4.78 is 0. The number of nitrogens with zero attached hydrogens (tertiary/aromatic N) is 6. The molecule has 0 spiro atoms. The molecule has 6 nitrogen and oxygen atoms in total. The average Bonchev–Trinajstić information content (AvgIpc) is 3.16. The zero-order valence-corrected chi connectivity index (χ0v) is 17.5. The fourth-order valence-corrected chi connectivity index (χ4v) is 3.09. The summed E-state index contributed by atoms with van der Waals surface area (Å²) in [4.78, 5) is 13.6. The van der Waals surface area contributed by atoms with Gasteiger partial charge in [-0.05, 0) is 38.1 Å². The molecular formula is C21H30N6. The van der Waals surface area contributed by atoms with E-state index >= 15 is 0 Å². The number of aliphatic imine (C=N–C) groups is 1. The Morgan fingerprint density at radius 2 is 1.70 bits per heavy atom. The van der Waals surface area contributed by atoms with Crippen LogP contribution in [0.1, 0.15) is 66.0 Å².